The van der Waals surface area contributed by atoms with Crippen molar-refractivity contribution in [2.24, 2.45) is 5.84 Å². The van der Waals surface area contributed by atoms with Crippen molar-refractivity contribution in [2.75, 3.05) is 12.0 Å². The number of hydrogen-bond donors (Lipinski definition) is 3. The molecule has 0 fully saturated rings. The number of aryl methyl sites for hydroxylation is 1. The fourth-order valence-electron chi connectivity index (χ4n) is 1.95. The number of pyridine rings is 1. The molecule has 0 radical (unpaired) electrons. The van der Waals surface area contributed by atoms with E-state index >= 15 is 0 Å². The van der Waals surface area contributed by atoms with Crippen molar-refractivity contribution in [1.82, 2.24) is 10.3 Å². The lowest BCUT2D eigenvalue weighted by Crippen LogP contribution is -2.26. The number of nitrogens with one attached hydrogen (secondary N) is 2. The lowest BCUT2D eigenvalue weighted by Gasteiger charge is -2.08. The van der Waals surface area contributed by atoms with E-state index in [1.165, 1.54) is 11.1 Å². The molecule has 4 N–H and O–H groups in total. The highest BCUT2D eigenvalue weighted by atomic mass is 16.1. The molecule has 0 bridgehead atoms. The van der Waals surface area contributed by atoms with Crippen molar-refractivity contribution in [1.29, 1.82) is 0 Å². The third-order valence-electron chi connectivity index (χ3n) is 3.11. The van der Waals surface area contributed by atoms with Gasteiger partial charge in [-0.05, 0) is 36.6 Å². The number of nitrogen functional groups attached to an aromatic ring is 1. The molecule has 0 saturated heterocycles. The molecule has 0 aliphatic carbocycles. The number of anilines is 1. The Morgan fingerprint density at radius 3 is 2.85 bits per heavy atom. The van der Waals surface area contributed by atoms with E-state index in [1.807, 2.05) is 12.1 Å². The minimum absolute atomic E-state index is 0.127. The van der Waals surface area contributed by atoms with Crippen molar-refractivity contribution in [2.45, 2.75) is 13.3 Å². The van der Waals surface area contributed by atoms with Crippen LogP contribution in [0, 0.1) is 6.92 Å². The predicted octanol–water partition coefficient (Wildman–Crippen LogP) is 1.65. The largest absolute Gasteiger partial charge is 0.352 e. The molecule has 0 unspecified atom stereocenters. The molecule has 20 heavy (non-hydrogen) atoms. The van der Waals surface area contributed by atoms with Crippen LogP contribution in [0.3, 0.4) is 0 Å². The molecule has 2 aromatic rings. The third-order valence-corrected chi connectivity index (χ3v) is 3.11. The quantitative estimate of drug-likeness (QED) is 0.570. The lowest BCUT2D eigenvalue weighted by molar-refractivity contribution is 0.0954. The normalized spacial score (nSPS) is 10.1. The number of hydrazine groups is 1. The summed E-state index contributed by atoms with van der Waals surface area (Å²) in [6.45, 7) is 2.66. The van der Waals surface area contributed by atoms with Crippen LogP contribution < -0.4 is 16.6 Å². The Kier molecular flexibility index (Phi) is 4.68. The van der Waals surface area contributed by atoms with E-state index in [-0.39, 0.29) is 5.91 Å². The molecule has 5 heteroatoms. The second-order valence-electron chi connectivity index (χ2n) is 4.51. The average Bonchev–Trinajstić information content (AvgIpc) is 2.49. The number of aromatic nitrogens is 1. The molecule has 0 aliphatic rings. The number of nitrogens with zero attached hydrogens (tertiary/aromatic N) is 1. The summed E-state index contributed by atoms with van der Waals surface area (Å²) >= 11 is 0. The van der Waals surface area contributed by atoms with Crippen molar-refractivity contribution in [3.63, 3.8) is 0 Å². The second-order valence-corrected chi connectivity index (χ2v) is 4.51. The van der Waals surface area contributed by atoms with Crippen LogP contribution in [-0.2, 0) is 6.42 Å². The highest BCUT2D eigenvalue weighted by Crippen LogP contribution is 2.08. The zero-order chi connectivity index (χ0) is 14.4. The van der Waals surface area contributed by atoms with Crippen LogP contribution in [0.4, 0.5) is 5.82 Å². The third kappa shape index (κ3) is 3.55. The highest BCUT2D eigenvalue weighted by Gasteiger charge is 2.06. The van der Waals surface area contributed by atoms with E-state index in [2.05, 4.69) is 34.8 Å². The summed E-state index contributed by atoms with van der Waals surface area (Å²) in [5, 5.41) is 2.89. The van der Waals surface area contributed by atoms with Crippen LogP contribution in [-0.4, -0.2) is 17.4 Å². The van der Waals surface area contributed by atoms with Gasteiger partial charge in [0, 0.05) is 18.3 Å². The average molecular weight is 270 g/mol. The first-order valence-electron chi connectivity index (χ1n) is 6.46. The topological polar surface area (TPSA) is 80.0 Å². The van der Waals surface area contributed by atoms with Gasteiger partial charge in [-0.2, -0.15) is 0 Å². The van der Waals surface area contributed by atoms with Gasteiger partial charge in [0.2, 0.25) is 0 Å². The van der Waals surface area contributed by atoms with Gasteiger partial charge in [0.05, 0.1) is 0 Å². The maximum absolute atomic E-state index is 12.0. The van der Waals surface area contributed by atoms with E-state index in [0.717, 1.165) is 6.42 Å². The summed E-state index contributed by atoms with van der Waals surface area (Å²) in [5.74, 6) is 5.61. The van der Waals surface area contributed by atoms with Crippen molar-refractivity contribution >= 4 is 11.7 Å². The summed E-state index contributed by atoms with van der Waals surface area (Å²) in [5.41, 5.74) is 5.44. The zero-order valence-electron chi connectivity index (χ0n) is 11.4. The van der Waals surface area contributed by atoms with Crippen molar-refractivity contribution < 1.29 is 4.79 Å². The Labute approximate surface area is 118 Å². The number of carbonyl (C=O) groups excluding carboxylic acids is 1. The molecule has 104 valence electrons. The maximum Gasteiger partial charge on any atom is 0.251 e. The van der Waals surface area contributed by atoms with Crippen molar-refractivity contribution in [3.05, 3.63) is 59.3 Å². The predicted molar refractivity (Wildman–Crippen MR) is 79.3 cm³/mol. The first kappa shape index (κ1) is 14.0. The van der Waals surface area contributed by atoms with Gasteiger partial charge in [-0.15, -0.1) is 0 Å². The molecule has 0 spiro atoms. The Bertz CT molecular complexity index is 598. The van der Waals surface area contributed by atoms with Crippen LogP contribution in [0.15, 0.2) is 42.6 Å². The molecule has 5 nitrogen and oxygen atoms in total. The number of benzene rings is 1. The van der Waals surface area contributed by atoms with Crippen LogP contribution in [0.2, 0.25) is 0 Å². The Hall–Kier alpha value is -2.40. The number of nitrogens with two attached hydrogens (primary N) is 1. The molecular formula is C15H18N4O. The van der Waals surface area contributed by atoms with E-state index < -0.39 is 0 Å². The van der Waals surface area contributed by atoms with Crippen LogP contribution in [0.5, 0.6) is 0 Å². The summed E-state index contributed by atoms with van der Waals surface area (Å²) in [6, 6.07) is 11.4. The second kappa shape index (κ2) is 6.68. The first-order chi connectivity index (χ1) is 9.70. The number of rotatable bonds is 5. The minimum Gasteiger partial charge on any atom is -0.352 e. The van der Waals surface area contributed by atoms with Crippen LogP contribution in [0.1, 0.15) is 21.5 Å². The van der Waals surface area contributed by atoms with Crippen molar-refractivity contribution in [3.8, 4) is 0 Å². The van der Waals surface area contributed by atoms with Crippen LogP contribution >= 0.6 is 0 Å². The maximum atomic E-state index is 12.0. The van der Waals surface area contributed by atoms with Gasteiger partial charge < -0.3 is 10.7 Å². The smallest absolute Gasteiger partial charge is 0.251 e. The van der Waals surface area contributed by atoms with E-state index in [9.17, 15) is 4.79 Å². The Balaban J connectivity index is 1.91. The summed E-state index contributed by atoms with van der Waals surface area (Å²) in [4.78, 5) is 15.9. The van der Waals surface area contributed by atoms with Gasteiger partial charge >= 0.3 is 0 Å². The highest BCUT2D eigenvalue weighted by molar-refractivity contribution is 5.94. The molecule has 1 aromatic carbocycles. The zero-order valence-corrected chi connectivity index (χ0v) is 11.4. The molecular weight excluding hydrogens is 252 g/mol. The molecule has 0 atom stereocenters. The summed E-state index contributed by atoms with van der Waals surface area (Å²) in [7, 11) is 0. The van der Waals surface area contributed by atoms with Crippen LogP contribution in [0.25, 0.3) is 0 Å². The standard InChI is InChI=1S/C15H18N4O/c1-11-4-2-3-5-12(11)6-9-18-15(20)13-7-8-17-14(10-13)19-16/h2-5,7-8,10H,6,9,16H2,1H3,(H,17,19)(H,18,20). The van der Waals surface area contributed by atoms with Gasteiger partial charge in [-0.1, -0.05) is 24.3 Å². The fourth-order valence-corrected chi connectivity index (χ4v) is 1.95. The lowest BCUT2D eigenvalue weighted by atomic mass is 10.1. The van der Waals surface area contributed by atoms with Gasteiger partial charge in [0.1, 0.15) is 5.82 Å². The van der Waals surface area contributed by atoms with Gasteiger partial charge in [0.15, 0.2) is 0 Å². The minimum atomic E-state index is -0.127. The molecule has 2 rings (SSSR count). The van der Waals surface area contributed by atoms with E-state index in [0.29, 0.717) is 17.9 Å². The Morgan fingerprint density at radius 1 is 1.30 bits per heavy atom. The molecule has 1 aromatic heterocycles. The summed E-state index contributed by atoms with van der Waals surface area (Å²) < 4.78 is 0. The van der Waals surface area contributed by atoms with Gasteiger partial charge in [0.25, 0.3) is 5.91 Å². The fraction of sp³-hybridized carbons (Fsp3) is 0.200. The summed E-state index contributed by atoms with van der Waals surface area (Å²) in [6.07, 6.45) is 2.36. The van der Waals surface area contributed by atoms with Gasteiger partial charge in [-0.3, -0.25) is 4.79 Å². The molecule has 0 aliphatic heterocycles. The number of hydrogen-bond acceptors (Lipinski definition) is 4. The van der Waals surface area contributed by atoms with Gasteiger partial charge in [-0.25, -0.2) is 10.8 Å². The molecule has 1 heterocycles. The number of amides is 1. The first-order valence-corrected chi connectivity index (χ1v) is 6.46. The molecule has 0 saturated carbocycles. The Morgan fingerprint density at radius 2 is 2.10 bits per heavy atom. The monoisotopic (exact) mass is 270 g/mol. The molecule has 1 amide bonds. The SMILES string of the molecule is Cc1ccccc1CCNC(=O)c1ccnc(NN)c1. The van der Waals surface area contributed by atoms with E-state index in [4.69, 9.17) is 5.84 Å². The van der Waals surface area contributed by atoms with E-state index in [1.54, 1.807) is 18.3 Å². The number of carbonyl (C=O) groups is 1.